The van der Waals surface area contributed by atoms with Crippen LogP contribution in [0.2, 0.25) is 0 Å². The molecule has 0 saturated carbocycles. The number of hydrogen-bond acceptors (Lipinski definition) is 6. The highest BCUT2D eigenvalue weighted by Crippen LogP contribution is 2.28. The molecule has 1 aliphatic rings. The van der Waals surface area contributed by atoms with Crippen molar-refractivity contribution in [3.63, 3.8) is 0 Å². The molecule has 1 saturated heterocycles. The molecule has 0 unspecified atom stereocenters. The summed E-state index contributed by atoms with van der Waals surface area (Å²) >= 11 is 7.90. The van der Waals surface area contributed by atoms with Gasteiger partial charge in [0.1, 0.15) is 5.60 Å². The van der Waals surface area contributed by atoms with E-state index in [0.29, 0.717) is 20.2 Å². The molecule has 0 aliphatic carbocycles. The topological polar surface area (TPSA) is 105 Å². The van der Waals surface area contributed by atoms with Crippen molar-refractivity contribution in [3.05, 3.63) is 49.5 Å². The zero-order valence-corrected chi connectivity index (χ0v) is 23.1. The van der Waals surface area contributed by atoms with Crippen molar-refractivity contribution in [2.45, 2.75) is 49.8 Å². The Labute approximate surface area is 214 Å². The minimum atomic E-state index is -3.86. The normalized spacial score (nSPS) is 18.9. The highest BCUT2D eigenvalue weighted by Gasteiger charge is 2.39. The van der Waals surface area contributed by atoms with Crippen molar-refractivity contribution in [1.82, 2.24) is 14.9 Å². The van der Waals surface area contributed by atoms with Gasteiger partial charge in [-0.3, -0.25) is 4.79 Å². The third-order valence-electron chi connectivity index (χ3n) is 4.79. The summed E-state index contributed by atoms with van der Waals surface area (Å²) < 4.78 is 35.3. The van der Waals surface area contributed by atoms with Crippen LogP contribution in [-0.4, -0.2) is 56.1 Å². The number of nitrogens with one attached hydrogen (secondary N) is 2. The van der Waals surface area contributed by atoms with Crippen LogP contribution in [-0.2, 0) is 14.8 Å². The Morgan fingerprint density at radius 3 is 2.61 bits per heavy atom. The van der Waals surface area contributed by atoms with Gasteiger partial charge in [-0.1, -0.05) is 22.0 Å². The summed E-state index contributed by atoms with van der Waals surface area (Å²) in [6, 6.07) is 7.41. The van der Waals surface area contributed by atoms with E-state index in [2.05, 4.69) is 41.9 Å². The summed E-state index contributed by atoms with van der Waals surface area (Å²) in [5, 5.41) is 4.65. The number of ether oxygens (including phenoxy) is 1. The van der Waals surface area contributed by atoms with Crippen molar-refractivity contribution < 1.29 is 22.7 Å². The van der Waals surface area contributed by atoms with E-state index in [0.717, 1.165) is 0 Å². The zero-order valence-electron chi connectivity index (χ0n) is 18.3. The second-order valence-corrected chi connectivity index (χ2v) is 13.0. The van der Waals surface area contributed by atoms with Gasteiger partial charge >= 0.3 is 6.09 Å². The maximum atomic E-state index is 13.0. The number of thiophene rings is 1. The third kappa shape index (κ3) is 7.01. The van der Waals surface area contributed by atoms with E-state index < -0.39 is 33.8 Å². The van der Waals surface area contributed by atoms with Gasteiger partial charge in [0.25, 0.3) is 5.91 Å². The molecule has 2 N–H and O–H groups in total. The van der Waals surface area contributed by atoms with E-state index in [4.69, 9.17) is 4.74 Å². The van der Waals surface area contributed by atoms with Crippen LogP contribution < -0.4 is 10.0 Å². The summed E-state index contributed by atoms with van der Waals surface area (Å²) in [7, 11) is -3.86. The van der Waals surface area contributed by atoms with E-state index in [1.807, 2.05) is 5.38 Å². The molecule has 0 radical (unpaired) electrons. The fourth-order valence-corrected chi connectivity index (χ4v) is 6.79. The summed E-state index contributed by atoms with van der Waals surface area (Å²) in [6.07, 6.45) is -0.224. The largest absolute Gasteiger partial charge is 0.444 e. The van der Waals surface area contributed by atoms with Crippen molar-refractivity contribution in [2.75, 3.05) is 13.1 Å². The predicted molar refractivity (Wildman–Crippen MR) is 134 cm³/mol. The molecule has 1 aliphatic heterocycles. The van der Waals surface area contributed by atoms with Crippen LogP contribution >= 0.6 is 43.2 Å². The Bertz CT molecular complexity index is 1120. The Balaban J connectivity index is 1.76. The van der Waals surface area contributed by atoms with E-state index in [1.165, 1.54) is 22.3 Å². The average molecular weight is 623 g/mol. The van der Waals surface area contributed by atoms with Crippen LogP contribution in [0, 0.1) is 0 Å². The number of carbonyl (C=O) groups is 2. The first-order valence-electron chi connectivity index (χ1n) is 10.1. The first-order chi connectivity index (χ1) is 15.4. The first-order valence-corrected chi connectivity index (χ1v) is 14.1. The van der Waals surface area contributed by atoms with Crippen LogP contribution in [0.1, 0.15) is 36.9 Å². The quantitative estimate of drug-likeness (QED) is 0.498. The molecule has 2 heterocycles. The molecular weight excluding hydrogens is 598 g/mol. The fraction of sp³-hybridized carbons (Fsp3) is 0.429. The van der Waals surface area contributed by atoms with Gasteiger partial charge in [-0.25, -0.2) is 17.9 Å². The van der Waals surface area contributed by atoms with Gasteiger partial charge in [0.05, 0.1) is 15.8 Å². The van der Waals surface area contributed by atoms with Gasteiger partial charge in [0.15, 0.2) is 0 Å². The van der Waals surface area contributed by atoms with Gasteiger partial charge < -0.3 is 15.0 Å². The average Bonchev–Trinajstić information content (AvgIpc) is 3.36. The van der Waals surface area contributed by atoms with Gasteiger partial charge in [-0.2, -0.15) is 0 Å². The molecule has 12 heteroatoms. The number of sulfonamides is 1. The number of nitrogens with zero attached hydrogens (tertiary/aromatic N) is 1. The first kappa shape index (κ1) is 26.1. The molecule has 33 heavy (non-hydrogen) atoms. The summed E-state index contributed by atoms with van der Waals surface area (Å²) in [5.74, 6) is -0.240. The predicted octanol–water partition coefficient (Wildman–Crippen LogP) is 4.36. The van der Waals surface area contributed by atoms with Crippen molar-refractivity contribution in [3.8, 4) is 0 Å². The lowest BCUT2D eigenvalue weighted by atomic mass is 10.2. The fourth-order valence-electron chi connectivity index (χ4n) is 3.41. The molecule has 2 atom stereocenters. The number of benzene rings is 1. The standard InChI is InChI=1S/C21H25Br2N3O5S2/c1-21(2,3)31-20(28)26-12-14(10-15(26)11-24-19(27)17-5-4-8-32-17)25-33(29,30)18-9-13(22)6-7-16(18)23/h4-9,14-15,25H,10-12H2,1-3H3,(H,24,27)/t14-,15-/m1/s1. The van der Waals surface area contributed by atoms with Gasteiger partial charge in [-0.15, -0.1) is 11.3 Å². The van der Waals surface area contributed by atoms with E-state index in [1.54, 1.807) is 45.0 Å². The molecule has 3 rings (SSSR count). The number of amides is 2. The van der Waals surface area contributed by atoms with E-state index in [9.17, 15) is 18.0 Å². The summed E-state index contributed by atoms with van der Waals surface area (Å²) in [4.78, 5) is 27.3. The molecule has 0 bridgehead atoms. The van der Waals surface area contributed by atoms with Crippen LogP contribution in [0.25, 0.3) is 0 Å². The van der Waals surface area contributed by atoms with E-state index >= 15 is 0 Å². The number of carbonyl (C=O) groups excluding carboxylic acids is 2. The lowest BCUT2D eigenvalue weighted by Gasteiger charge is -2.28. The Morgan fingerprint density at radius 2 is 1.97 bits per heavy atom. The molecule has 180 valence electrons. The monoisotopic (exact) mass is 621 g/mol. The number of likely N-dealkylation sites (tertiary alicyclic amines) is 1. The third-order valence-corrected chi connectivity index (χ3v) is 8.67. The summed E-state index contributed by atoms with van der Waals surface area (Å²) in [6.45, 7) is 5.59. The smallest absolute Gasteiger partial charge is 0.410 e. The SMILES string of the molecule is CC(C)(C)OC(=O)N1C[C@H](NS(=O)(=O)c2cc(Br)ccc2Br)C[C@@H]1CNC(=O)c1cccs1. The van der Waals surface area contributed by atoms with Gasteiger partial charge in [0, 0.05) is 28.1 Å². The summed E-state index contributed by atoms with van der Waals surface area (Å²) in [5.41, 5.74) is -0.708. The molecular formula is C21H25Br2N3O5S2. The molecule has 2 amide bonds. The van der Waals surface area contributed by atoms with Crippen LogP contribution in [0.3, 0.4) is 0 Å². The minimum absolute atomic E-state index is 0.0927. The lowest BCUT2D eigenvalue weighted by molar-refractivity contribution is 0.0223. The Kier molecular flexibility index (Phi) is 8.26. The molecule has 1 aromatic carbocycles. The highest BCUT2D eigenvalue weighted by molar-refractivity contribution is 9.11. The van der Waals surface area contributed by atoms with E-state index in [-0.39, 0.29) is 23.9 Å². The number of hydrogen-bond donors (Lipinski definition) is 2. The van der Waals surface area contributed by atoms with Gasteiger partial charge in [-0.05, 0) is 72.8 Å². The van der Waals surface area contributed by atoms with Gasteiger partial charge in [0.2, 0.25) is 10.0 Å². The van der Waals surface area contributed by atoms with Crippen LogP contribution in [0.4, 0.5) is 4.79 Å². The minimum Gasteiger partial charge on any atom is -0.444 e. The molecule has 2 aromatic rings. The van der Waals surface area contributed by atoms with Crippen molar-refractivity contribution >= 4 is 65.2 Å². The maximum Gasteiger partial charge on any atom is 0.410 e. The number of halogens is 2. The zero-order chi connectivity index (χ0) is 24.4. The lowest BCUT2D eigenvalue weighted by Crippen LogP contribution is -2.45. The Morgan fingerprint density at radius 1 is 1.24 bits per heavy atom. The molecule has 8 nitrogen and oxygen atoms in total. The van der Waals surface area contributed by atoms with Crippen LogP contribution in [0.15, 0.2) is 49.6 Å². The molecule has 1 fully saturated rings. The molecule has 1 aromatic heterocycles. The second kappa shape index (κ2) is 10.4. The number of rotatable bonds is 6. The van der Waals surface area contributed by atoms with Crippen molar-refractivity contribution in [2.24, 2.45) is 0 Å². The maximum absolute atomic E-state index is 13.0. The Hall–Kier alpha value is -1.47. The van der Waals surface area contributed by atoms with Crippen molar-refractivity contribution in [1.29, 1.82) is 0 Å². The highest BCUT2D eigenvalue weighted by atomic mass is 79.9. The second-order valence-electron chi connectivity index (χ2n) is 8.60. The van der Waals surface area contributed by atoms with Crippen LogP contribution in [0.5, 0.6) is 0 Å². The molecule has 0 spiro atoms.